The largest absolute Gasteiger partial charge is 0.485 e. The lowest BCUT2D eigenvalue weighted by Crippen LogP contribution is -2.40. The summed E-state index contributed by atoms with van der Waals surface area (Å²) < 4.78 is 11.7. The van der Waals surface area contributed by atoms with Gasteiger partial charge in [-0.2, -0.15) is 0 Å². The highest BCUT2D eigenvalue weighted by molar-refractivity contribution is 9.10. The Bertz CT molecular complexity index is 693. The van der Waals surface area contributed by atoms with Gasteiger partial charge in [-0.15, -0.1) is 0 Å². The van der Waals surface area contributed by atoms with E-state index in [1.807, 2.05) is 12.1 Å². The van der Waals surface area contributed by atoms with Gasteiger partial charge in [-0.3, -0.25) is 4.79 Å². The van der Waals surface area contributed by atoms with Gasteiger partial charge in [0.25, 0.3) is 5.91 Å². The van der Waals surface area contributed by atoms with E-state index < -0.39 is 6.10 Å². The zero-order valence-electron chi connectivity index (χ0n) is 10.9. The average molecular weight is 350 g/mol. The number of carbonyl (C=O) groups is 1. The second kappa shape index (κ2) is 5.61. The number of hydrogen-bond donors (Lipinski definition) is 2. The predicted molar refractivity (Wildman–Crippen MR) is 81.3 cm³/mol. The van der Waals surface area contributed by atoms with Gasteiger partial charge in [-0.05, 0) is 34.1 Å². The van der Waals surface area contributed by atoms with Crippen LogP contribution in [-0.4, -0.2) is 23.6 Å². The quantitative estimate of drug-likeness (QED) is 0.867. The van der Waals surface area contributed by atoms with Crippen LogP contribution in [0.25, 0.3) is 0 Å². The van der Waals surface area contributed by atoms with Crippen molar-refractivity contribution in [3.05, 3.63) is 41.0 Å². The number of anilines is 2. The number of nitrogens with one attached hydrogen (secondary N) is 1. The highest BCUT2D eigenvalue weighted by atomic mass is 79.9. The maximum Gasteiger partial charge on any atom is 0.270 e. The maximum atomic E-state index is 12.2. The Balaban J connectivity index is 1.72. The number of amides is 1. The lowest BCUT2D eigenvalue weighted by atomic mass is 10.2. The molecule has 0 spiro atoms. The van der Waals surface area contributed by atoms with E-state index in [2.05, 4.69) is 26.2 Å². The summed E-state index contributed by atoms with van der Waals surface area (Å²) in [5.41, 5.74) is 6.11. The minimum atomic E-state index is -0.730. The van der Waals surface area contributed by atoms with Gasteiger partial charge >= 0.3 is 0 Å². The molecule has 7 heteroatoms. The molecule has 108 valence electrons. The lowest BCUT2D eigenvalue weighted by molar-refractivity contribution is -0.125. The van der Waals surface area contributed by atoms with Crippen molar-refractivity contribution < 1.29 is 14.3 Å². The van der Waals surface area contributed by atoms with Crippen molar-refractivity contribution in [2.75, 3.05) is 17.7 Å². The van der Waals surface area contributed by atoms with E-state index in [0.717, 1.165) is 0 Å². The van der Waals surface area contributed by atoms with Crippen LogP contribution in [0.15, 0.2) is 41.0 Å². The Morgan fingerprint density at radius 1 is 1.38 bits per heavy atom. The molecule has 1 unspecified atom stereocenters. The van der Waals surface area contributed by atoms with Crippen molar-refractivity contribution in [2.45, 2.75) is 6.10 Å². The van der Waals surface area contributed by atoms with Crippen LogP contribution in [0.1, 0.15) is 0 Å². The van der Waals surface area contributed by atoms with E-state index in [1.54, 1.807) is 18.2 Å². The van der Waals surface area contributed by atoms with Gasteiger partial charge in [0.15, 0.2) is 11.5 Å². The highest BCUT2D eigenvalue weighted by Crippen LogP contribution is 2.31. The summed E-state index contributed by atoms with van der Waals surface area (Å²) in [6.07, 6.45) is 0.736. The molecule has 21 heavy (non-hydrogen) atoms. The van der Waals surface area contributed by atoms with Gasteiger partial charge in [-0.25, -0.2) is 4.98 Å². The Hall–Kier alpha value is -2.28. The first kappa shape index (κ1) is 13.7. The number of halogens is 1. The highest BCUT2D eigenvalue weighted by Gasteiger charge is 2.27. The first-order valence-electron chi connectivity index (χ1n) is 6.24. The third kappa shape index (κ3) is 2.92. The molecular weight excluding hydrogens is 338 g/mol. The number of para-hydroxylation sites is 2. The molecule has 1 aliphatic heterocycles. The van der Waals surface area contributed by atoms with Crippen LogP contribution >= 0.6 is 15.9 Å². The second-order valence-electron chi connectivity index (χ2n) is 4.45. The summed E-state index contributed by atoms with van der Waals surface area (Å²) in [6.45, 7) is 0.148. The number of rotatable bonds is 2. The standard InChI is InChI=1S/C14H12BrN3O3/c15-9-5-8(16)6-17-13(9)18-14(19)12-7-20-10-3-1-2-4-11(10)21-12/h1-6,12H,7,16H2,(H,17,18,19). The molecule has 1 atom stereocenters. The molecule has 0 saturated carbocycles. The molecule has 6 nitrogen and oxygen atoms in total. The summed E-state index contributed by atoms with van der Waals surface area (Å²) in [4.78, 5) is 16.3. The lowest BCUT2D eigenvalue weighted by Gasteiger charge is -2.25. The van der Waals surface area contributed by atoms with E-state index in [-0.39, 0.29) is 12.5 Å². The summed E-state index contributed by atoms with van der Waals surface area (Å²) >= 11 is 3.30. The Labute approximate surface area is 129 Å². The number of nitrogens with two attached hydrogens (primary N) is 1. The van der Waals surface area contributed by atoms with Crippen LogP contribution in [0.4, 0.5) is 11.5 Å². The van der Waals surface area contributed by atoms with Crippen LogP contribution in [0, 0.1) is 0 Å². The minimum Gasteiger partial charge on any atom is -0.485 e. The van der Waals surface area contributed by atoms with Crippen LogP contribution in [-0.2, 0) is 4.79 Å². The SMILES string of the molecule is Nc1cnc(NC(=O)C2COc3ccccc3O2)c(Br)c1. The van der Waals surface area contributed by atoms with Crippen LogP contribution in [0.2, 0.25) is 0 Å². The molecule has 0 saturated heterocycles. The van der Waals surface area contributed by atoms with Crippen molar-refractivity contribution in [2.24, 2.45) is 0 Å². The fraction of sp³-hybridized carbons (Fsp3) is 0.143. The third-order valence-electron chi connectivity index (χ3n) is 2.90. The molecule has 1 aromatic heterocycles. The molecule has 0 aliphatic carbocycles. The number of ether oxygens (including phenoxy) is 2. The second-order valence-corrected chi connectivity index (χ2v) is 5.31. The molecule has 0 bridgehead atoms. The molecule has 3 N–H and O–H groups in total. The van der Waals surface area contributed by atoms with Gasteiger partial charge in [0.05, 0.1) is 16.4 Å². The van der Waals surface area contributed by atoms with Crippen molar-refractivity contribution in [1.82, 2.24) is 4.98 Å². The summed E-state index contributed by atoms with van der Waals surface area (Å²) in [7, 11) is 0. The van der Waals surface area contributed by atoms with Gasteiger partial charge in [0.1, 0.15) is 12.4 Å². The van der Waals surface area contributed by atoms with E-state index in [0.29, 0.717) is 27.5 Å². The van der Waals surface area contributed by atoms with Crippen LogP contribution in [0.5, 0.6) is 11.5 Å². The predicted octanol–water partition coefficient (Wildman–Crippen LogP) is 2.20. The monoisotopic (exact) mass is 349 g/mol. The first-order valence-corrected chi connectivity index (χ1v) is 7.03. The van der Waals surface area contributed by atoms with Crippen molar-refractivity contribution in [1.29, 1.82) is 0 Å². The molecule has 1 aromatic carbocycles. The molecule has 2 heterocycles. The van der Waals surface area contributed by atoms with Crippen LogP contribution < -0.4 is 20.5 Å². The van der Waals surface area contributed by atoms with Crippen molar-refractivity contribution in [3.8, 4) is 11.5 Å². The smallest absolute Gasteiger partial charge is 0.270 e. The Morgan fingerprint density at radius 3 is 2.90 bits per heavy atom. The number of hydrogen-bond acceptors (Lipinski definition) is 5. The molecule has 2 aromatic rings. The minimum absolute atomic E-state index is 0.148. The number of benzene rings is 1. The number of fused-ring (bicyclic) bond motifs is 1. The van der Waals surface area contributed by atoms with E-state index in [1.165, 1.54) is 6.20 Å². The summed E-state index contributed by atoms with van der Waals surface area (Å²) in [5, 5.41) is 2.68. The zero-order chi connectivity index (χ0) is 14.8. The summed E-state index contributed by atoms with van der Waals surface area (Å²) in [5.74, 6) is 1.24. The fourth-order valence-electron chi connectivity index (χ4n) is 1.89. The summed E-state index contributed by atoms with van der Waals surface area (Å²) in [6, 6.07) is 8.88. The molecule has 1 aliphatic rings. The van der Waals surface area contributed by atoms with Gasteiger partial charge in [0.2, 0.25) is 6.10 Å². The maximum absolute atomic E-state index is 12.2. The van der Waals surface area contributed by atoms with Gasteiger partial charge in [-0.1, -0.05) is 12.1 Å². The van der Waals surface area contributed by atoms with Crippen molar-refractivity contribution >= 4 is 33.3 Å². The number of carbonyl (C=O) groups excluding carboxylic acids is 1. The average Bonchev–Trinajstić information content (AvgIpc) is 2.49. The van der Waals surface area contributed by atoms with Gasteiger partial charge < -0.3 is 20.5 Å². The van der Waals surface area contributed by atoms with E-state index in [4.69, 9.17) is 15.2 Å². The molecule has 0 radical (unpaired) electrons. The number of nitrogens with zero attached hydrogens (tertiary/aromatic N) is 1. The molecule has 1 amide bonds. The molecule has 0 fully saturated rings. The van der Waals surface area contributed by atoms with Crippen molar-refractivity contribution in [3.63, 3.8) is 0 Å². The van der Waals surface area contributed by atoms with E-state index in [9.17, 15) is 4.79 Å². The first-order chi connectivity index (χ1) is 10.1. The van der Waals surface area contributed by atoms with Gasteiger partial charge in [0, 0.05) is 0 Å². The van der Waals surface area contributed by atoms with Crippen LogP contribution in [0.3, 0.4) is 0 Å². The zero-order valence-corrected chi connectivity index (χ0v) is 12.5. The topological polar surface area (TPSA) is 86.5 Å². The fourth-order valence-corrected chi connectivity index (χ4v) is 2.36. The molecular formula is C14H12BrN3O3. The third-order valence-corrected chi connectivity index (χ3v) is 3.51. The normalized spacial score (nSPS) is 16.3. The Morgan fingerprint density at radius 2 is 2.14 bits per heavy atom. The molecule has 3 rings (SSSR count). The van der Waals surface area contributed by atoms with E-state index >= 15 is 0 Å². The number of aromatic nitrogens is 1. The Kier molecular flexibility index (Phi) is 3.66. The number of nitrogen functional groups attached to an aromatic ring is 1. The number of pyridine rings is 1.